The highest BCUT2D eigenvalue weighted by molar-refractivity contribution is 5.73. The maximum Gasteiger partial charge on any atom is 0.151 e. The number of rotatable bonds is 14. The number of allylic oxidation sites excluding steroid dienone is 2. The van der Waals surface area contributed by atoms with Gasteiger partial charge in [-0.25, -0.2) is 9.99 Å². The predicted octanol–water partition coefficient (Wildman–Crippen LogP) is 7.38. The van der Waals surface area contributed by atoms with Crippen LogP contribution in [0.4, 0.5) is 5.82 Å². The number of nitrogens with zero attached hydrogens (tertiary/aromatic N) is 3. The summed E-state index contributed by atoms with van der Waals surface area (Å²) in [5.41, 5.74) is 8.04. The average molecular weight is 433 g/mol. The van der Waals surface area contributed by atoms with Crippen LogP contribution in [-0.2, 0) is 12.8 Å². The molecule has 4 heteroatoms. The van der Waals surface area contributed by atoms with Crippen molar-refractivity contribution in [3.05, 3.63) is 72.0 Å². The third kappa shape index (κ3) is 7.81. The van der Waals surface area contributed by atoms with Gasteiger partial charge >= 0.3 is 0 Å². The lowest BCUT2D eigenvalue weighted by molar-refractivity contribution is 0.631. The molecule has 0 spiro atoms. The second-order valence-electron chi connectivity index (χ2n) is 8.82. The number of aryl methyl sites for hydroxylation is 2. The van der Waals surface area contributed by atoms with E-state index in [4.69, 9.17) is 0 Å². The van der Waals surface area contributed by atoms with Crippen LogP contribution in [0.1, 0.15) is 94.9 Å². The molecule has 2 aromatic rings. The largest absolute Gasteiger partial charge is 0.300 e. The Balaban J connectivity index is 1.44. The molecule has 1 aliphatic heterocycles. The fourth-order valence-electron chi connectivity index (χ4n) is 4.00. The van der Waals surface area contributed by atoms with E-state index in [0.29, 0.717) is 0 Å². The summed E-state index contributed by atoms with van der Waals surface area (Å²) in [6.07, 6.45) is 25.5. The Bertz CT molecular complexity index is 837. The normalized spacial score (nSPS) is 13.2. The standard InChI is InChI=1S/C28H40N4/c1-3-5-7-9-11-13-24-15-17-27(29-21-24)26-19-20-32(31-23-26)28-18-16-25(22-30-28)14-12-10-8-6-4-2/h15-23,31H,3-14H2,1-2H3. The summed E-state index contributed by atoms with van der Waals surface area (Å²) in [5.74, 6) is 0.901. The Morgan fingerprint density at radius 2 is 1.34 bits per heavy atom. The molecular weight excluding hydrogens is 392 g/mol. The van der Waals surface area contributed by atoms with E-state index in [1.54, 1.807) is 0 Å². The predicted molar refractivity (Wildman–Crippen MR) is 136 cm³/mol. The maximum atomic E-state index is 4.68. The van der Waals surface area contributed by atoms with E-state index in [-0.39, 0.29) is 0 Å². The van der Waals surface area contributed by atoms with Gasteiger partial charge in [-0.2, -0.15) is 0 Å². The lowest BCUT2D eigenvalue weighted by atomic mass is 10.1. The zero-order valence-corrected chi connectivity index (χ0v) is 20.0. The topological polar surface area (TPSA) is 41.0 Å². The number of hydrogen-bond donors (Lipinski definition) is 1. The Hall–Kier alpha value is -2.62. The van der Waals surface area contributed by atoms with Crippen LogP contribution in [0.15, 0.2) is 55.1 Å². The molecule has 1 aliphatic rings. The fraction of sp³-hybridized carbons (Fsp3) is 0.500. The Morgan fingerprint density at radius 1 is 0.719 bits per heavy atom. The second kappa shape index (κ2) is 13.7. The molecule has 0 atom stereocenters. The van der Waals surface area contributed by atoms with Gasteiger partial charge in [-0.3, -0.25) is 10.4 Å². The molecule has 0 radical (unpaired) electrons. The quantitative estimate of drug-likeness (QED) is 0.316. The highest BCUT2D eigenvalue weighted by atomic mass is 15.5. The smallest absolute Gasteiger partial charge is 0.151 e. The molecule has 1 N–H and O–H groups in total. The van der Waals surface area contributed by atoms with Crippen molar-refractivity contribution < 1.29 is 0 Å². The van der Waals surface area contributed by atoms with E-state index in [9.17, 15) is 0 Å². The molecule has 0 unspecified atom stereocenters. The summed E-state index contributed by atoms with van der Waals surface area (Å²) < 4.78 is 0. The summed E-state index contributed by atoms with van der Waals surface area (Å²) in [6, 6.07) is 8.62. The minimum Gasteiger partial charge on any atom is -0.300 e. The van der Waals surface area contributed by atoms with Crippen molar-refractivity contribution >= 4 is 11.4 Å². The van der Waals surface area contributed by atoms with E-state index in [0.717, 1.165) is 29.9 Å². The average Bonchev–Trinajstić information content (AvgIpc) is 2.85. The lowest BCUT2D eigenvalue weighted by Gasteiger charge is -2.23. The molecule has 32 heavy (non-hydrogen) atoms. The van der Waals surface area contributed by atoms with Crippen LogP contribution in [0.5, 0.6) is 0 Å². The zero-order chi connectivity index (χ0) is 22.4. The van der Waals surface area contributed by atoms with Crippen LogP contribution in [0.3, 0.4) is 0 Å². The minimum atomic E-state index is 0.901. The highest BCUT2D eigenvalue weighted by Gasteiger charge is 2.10. The van der Waals surface area contributed by atoms with Gasteiger partial charge in [-0.05, 0) is 55.0 Å². The van der Waals surface area contributed by atoms with Crippen LogP contribution in [0, 0.1) is 0 Å². The first kappa shape index (κ1) is 24.0. The molecule has 0 saturated heterocycles. The van der Waals surface area contributed by atoms with Gasteiger partial charge in [0.25, 0.3) is 0 Å². The van der Waals surface area contributed by atoms with Crippen LogP contribution in [0.2, 0.25) is 0 Å². The van der Waals surface area contributed by atoms with Gasteiger partial charge in [0, 0.05) is 30.4 Å². The van der Waals surface area contributed by atoms with Crippen LogP contribution in [0.25, 0.3) is 5.57 Å². The fourth-order valence-corrected chi connectivity index (χ4v) is 4.00. The molecule has 0 fully saturated rings. The van der Waals surface area contributed by atoms with Gasteiger partial charge in [-0.1, -0.05) is 77.3 Å². The zero-order valence-electron chi connectivity index (χ0n) is 20.0. The van der Waals surface area contributed by atoms with Crippen LogP contribution < -0.4 is 10.4 Å². The van der Waals surface area contributed by atoms with Gasteiger partial charge in [0.1, 0.15) is 0 Å². The molecule has 4 nitrogen and oxygen atoms in total. The van der Waals surface area contributed by atoms with E-state index in [2.05, 4.69) is 59.6 Å². The number of unbranched alkanes of at least 4 members (excludes halogenated alkanes) is 8. The number of hydrogen-bond acceptors (Lipinski definition) is 4. The summed E-state index contributed by atoms with van der Waals surface area (Å²) in [4.78, 5) is 9.32. The summed E-state index contributed by atoms with van der Waals surface area (Å²) in [7, 11) is 0. The molecule has 0 bridgehead atoms. The van der Waals surface area contributed by atoms with Gasteiger partial charge in [0.2, 0.25) is 0 Å². The first-order chi connectivity index (χ1) is 15.8. The van der Waals surface area contributed by atoms with Crippen molar-refractivity contribution in [2.75, 3.05) is 5.01 Å². The molecule has 0 saturated carbocycles. The molecule has 2 aromatic heterocycles. The van der Waals surface area contributed by atoms with Crippen molar-refractivity contribution in [2.24, 2.45) is 0 Å². The van der Waals surface area contributed by atoms with E-state index in [1.807, 2.05) is 29.8 Å². The molecule has 0 aromatic carbocycles. The Morgan fingerprint density at radius 3 is 1.84 bits per heavy atom. The SMILES string of the molecule is CCCCCCCc1ccc(C2=CNN(c3ccc(CCCCCCC)cn3)C=C2)nc1. The molecular formula is C28H40N4. The highest BCUT2D eigenvalue weighted by Crippen LogP contribution is 2.20. The first-order valence-corrected chi connectivity index (χ1v) is 12.6. The third-order valence-electron chi connectivity index (χ3n) is 6.08. The number of anilines is 1. The molecule has 3 heterocycles. The van der Waals surface area contributed by atoms with Gasteiger partial charge in [0.05, 0.1) is 5.69 Å². The molecule has 172 valence electrons. The molecule has 0 aliphatic carbocycles. The second-order valence-corrected chi connectivity index (χ2v) is 8.82. The van der Waals surface area contributed by atoms with Crippen molar-refractivity contribution in [3.63, 3.8) is 0 Å². The van der Waals surface area contributed by atoms with Crippen LogP contribution >= 0.6 is 0 Å². The number of nitrogens with one attached hydrogen (secondary N) is 1. The third-order valence-corrected chi connectivity index (χ3v) is 6.08. The molecule has 0 amide bonds. The summed E-state index contributed by atoms with van der Waals surface area (Å²) in [5, 5.41) is 1.94. The molecule has 3 rings (SSSR count). The van der Waals surface area contributed by atoms with Crippen LogP contribution in [-0.4, -0.2) is 9.97 Å². The summed E-state index contributed by atoms with van der Waals surface area (Å²) >= 11 is 0. The summed E-state index contributed by atoms with van der Waals surface area (Å²) in [6.45, 7) is 4.52. The number of pyridine rings is 2. The first-order valence-electron chi connectivity index (χ1n) is 12.6. The Labute approximate surface area is 194 Å². The number of hydrazine groups is 1. The van der Waals surface area contributed by atoms with Crippen molar-refractivity contribution in [3.8, 4) is 0 Å². The van der Waals surface area contributed by atoms with Crippen molar-refractivity contribution in [2.45, 2.75) is 90.9 Å². The van der Waals surface area contributed by atoms with Gasteiger partial charge < -0.3 is 0 Å². The van der Waals surface area contributed by atoms with E-state index >= 15 is 0 Å². The lowest BCUT2D eigenvalue weighted by Crippen LogP contribution is -2.31. The van der Waals surface area contributed by atoms with Gasteiger partial charge in [0.15, 0.2) is 5.82 Å². The Kier molecular flexibility index (Phi) is 10.3. The van der Waals surface area contributed by atoms with E-state index in [1.165, 1.54) is 75.3 Å². The van der Waals surface area contributed by atoms with Crippen molar-refractivity contribution in [1.29, 1.82) is 0 Å². The number of aromatic nitrogens is 2. The van der Waals surface area contributed by atoms with Gasteiger partial charge in [-0.15, -0.1) is 0 Å². The van der Waals surface area contributed by atoms with E-state index < -0.39 is 0 Å². The van der Waals surface area contributed by atoms with Crippen molar-refractivity contribution in [1.82, 2.24) is 15.4 Å². The minimum absolute atomic E-state index is 0.901. The monoisotopic (exact) mass is 432 g/mol. The maximum absolute atomic E-state index is 4.68.